The minimum absolute atomic E-state index is 0.0568. The van der Waals surface area contributed by atoms with E-state index in [1.807, 2.05) is 12.1 Å². The highest BCUT2D eigenvalue weighted by Crippen LogP contribution is 2.42. The number of hydrogen-bond donors (Lipinski definition) is 1. The molecule has 2 aromatic heterocycles. The Morgan fingerprint density at radius 2 is 1.85 bits per heavy atom. The highest BCUT2D eigenvalue weighted by atomic mass is 35.5. The summed E-state index contributed by atoms with van der Waals surface area (Å²) in [4.78, 5) is 24.5. The lowest BCUT2D eigenvalue weighted by molar-refractivity contribution is -0.137. The van der Waals surface area contributed by atoms with Crippen molar-refractivity contribution in [3.63, 3.8) is 0 Å². The van der Waals surface area contributed by atoms with Crippen LogP contribution >= 0.6 is 11.6 Å². The Kier molecular flexibility index (Phi) is 5.29. The first-order valence-electron chi connectivity index (χ1n) is 11.3. The Hall–Kier alpha value is -2.66. The number of epoxide rings is 1. The fraction of sp³-hybridized carbons (Fsp3) is 0.391. The molecule has 1 aromatic carbocycles. The monoisotopic (exact) mass is 501 g/mol. The second-order valence-corrected chi connectivity index (χ2v) is 11.2. The van der Waals surface area contributed by atoms with Crippen LogP contribution < -0.4 is 4.90 Å². The zero-order valence-corrected chi connectivity index (χ0v) is 19.9. The summed E-state index contributed by atoms with van der Waals surface area (Å²) in [5.74, 6) is -0.132. The lowest BCUT2D eigenvalue weighted by Crippen LogP contribution is -2.53. The van der Waals surface area contributed by atoms with Gasteiger partial charge in [0.2, 0.25) is 15.9 Å². The standard InChI is InChI=1S/C23H24ClN5O4S/c24-19-14-26-20-13-16(1-2-17(19)20)34(31,32)28-11-9-27(10-12-28)22(30)18-5-8-29(23-21(18)33-23)15-3-6-25-7-4-15/h1-4,6-7,13-14,18,21,23,26H,5,8-12H2. The molecule has 0 aliphatic carbocycles. The van der Waals surface area contributed by atoms with Crippen molar-refractivity contribution < 1.29 is 17.9 Å². The maximum absolute atomic E-state index is 13.2. The molecule has 3 unspecified atom stereocenters. The number of halogens is 1. The predicted molar refractivity (Wildman–Crippen MR) is 127 cm³/mol. The van der Waals surface area contributed by atoms with Gasteiger partial charge in [0, 0.05) is 67.9 Å². The number of amides is 1. The topological polar surface area (TPSA) is 102 Å². The smallest absolute Gasteiger partial charge is 0.243 e. The van der Waals surface area contributed by atoms with E-state index in [1.54, 1.807) is 41.7 Å². The van der Waals surface area contributed by atoms with Gasteiger partial charge in [-0.25, -0.2) is 8.42 Å². The molecule has 178 valence electrons. The molecule has 5 heterocycles. The van der Waals surface area contributed by atoms with E-state index in [4.69, 9.17) is 16.3 Å². The second-order valence-electron chi connectivity index (χ2n) is 8.86. The first kappa shape index (κ1) is 21.8. The van der Waals surface area contributed by atoms with Gasteiger partial charge in [-0.2, -0.15) is 4.31 Å². The van der Waals surface area contributed by atoms with Gasteiger partial charge in [-0.1, -0.05) is 11.6 Å². The summed E-state index contributed by atoms with van der Waals surface area (Å²) in [5, 5.41) is 1.34. The van der Waals surface area contributed by atoms with Gasteiger partial charge >= 0.3 is 0 Å². The number of ether oxygens (including phenoxy) is 1. The summed E-state index contributed by atoms with van der Waals surface area (Å²) >= 11 is 6.11. The third-order valence-electron chi connectivity index (χ3n) is 6.99. The number of carbonyl (C=O) groups is 1. The van der Waals surface area contributed by atoms with Crippen molar-refractivity contribution in [1.29, 1.82) is 0 Å². The number of carbonyl (C=O) groups excluding carboxylic acids is 1. The van der Waals surface area contributed by atoms with Crippen LogP contribution in [-0.2, 0) is 19.6 Å². The van der Waals surface area contributed by atoms with Crippen LogP contribution in [0.5, 0.6) is 0 Å². The number of pyridine rings is 1. The third-order valence-corrected chi connectivity index (χ3v) is 9.20. The van der Waals surface area contributed by atoms with E-state index in [9.17, 15) is 13.2 Å². The summed E-state index contributed by atoms with van der Waals surface area (Å²) < 4.78 is 33.7. The van der Waals surface area contributed by atoms with E-state index in [-0.39, 0.29) is 42.1 Å². The SMILES string of the molecule is O=C(C1CCN(c2ccncc2)C2OC12)N1CCN(S(=O)(=O)c2ccc3c(Cl)c[nH]c3c2)CC1. The molecule has 3 saturated heterocycles. The molecule has 3 aliphatic heterocycles. The van der Waals surface area contributed by atoms with Crippen LogP contribution in [0.4, 0.5) is 5.69 Å². The lowest BCUT2D eigenvalue weighted by atomic mass is 9.94. The van der Waals surface area contributed by atoms with Crippen molar-refractivity contribution in [2.75, 3.05) is 37.6 Å². The van der Waals surface area contributed by atoms with Gasteiger partial charge in [0.15, 0.2) is 6.23 Å². The van der Waals surface area contributed by atoms with Gasteiger partial charge in [0.05, 0.1) is 15.8 Å². The van der Waals surface area contributed by atoms with Crippen LogP contribution in [0.15, 0.2) is 53.8 Å². The molecule has 0 spiro atoms. The van der Waals surface area contributed by atoms with Crippen LogP contribution in [0.2, 0.25) is 5.02 Å². The first-order valence-corrected chi connectivity index (χ1v) is 13.1. The van der Waals surface area contributed by atoms with Crippen LogP contribution in [0.25, 0.3) is 10.9 Å². The number of aromatic amines is 1. The minimum Gasteiger partial charge on any atom is -0.360 e. The van der Waals surface area contributed by atoms with Crippen molar-refractivity contribution in [2.45, 2.75) is 23.6 Å². The van der Waals surface area contributed by atoms with Crippen molar-refractivity contribution in [3.05, 3.63) is 53.9 Å². The molecule has 0 radical (unpaired) electrons. The Morgan fingerprint density at radius 3 is 2.62 bits per heavy atom. The van der Waals surface area contributed by atoms with Crippen molar-refractivity contribution >= 4 is 44.1 Å². The molecule has 1 N–H and O–H groups in total. The van der Waals surface area contributed by atoms with Gasteiger partial charge in [0.1, 0.15) is 6.10 Å². The number of H-pyrrole nitrogens is 1. The molecular formula is C23H24ClN5O4S. The maximum atomic E-state index is 13.2. The fourth-order valence-electron chi connectivity index (χ4n) is 5.07. The summed E-state index contributed by atoms with van der Waals surface area (Å²) in [6.07, 6.45) is 5.66. The van der Waals surface area contributed by atoms with Crippen LogP contribution in [0.3, 0.4) is 0 Å². The van der Waals surface area contributed by atoms with Crippen molar-refractivity contribution in [2.24, 2.45) is 5.92 Å². The predicted octanol–water partition coefficient (Wildman–Crippen LogP) is 2.30. The summed E-state index contributed by atoms with van der Waals surface area (Å²) in [5.41, 5.74) is 1.73. The molecular weight excluding hydrogens is 478 g/mol. The average Bonchev–Trinajstić information content (AvgIpc) is 3.59. The molecule has 3 aliphatic rings. The number of nitrogens with one attached hydrogen (secondary N) is 1. The number of sulfonamides is 1. The molecule has 11 heteroatoms. The van der Waals surface area contributed by atoms with Gasteiger partial charge in [-0.15, -0.1) is 0 Å². The molecule has 9 nitrogen and oxygen atoms in total. The fourth-order valence-corrected chi connectivity index (χ4v) is 6.74. The quantitative estimate of drug-likeness (QED) is 0.550. The second kappa shape index (κ2) is 8.23. The molecule has 3 fully saturated rings. The summed E-state index contributed by atoms with van der Waals surface area (Å²) in [7, 11) is -3.66. The number of benzene rings is 1. The highest BCUT2D eigenvalue weighted by molar-refractivity contribution is 7.89. The number of anilines is 1. The van der Waals surface area contributed by atoms with E-state index in [0.717, 1.165) is 17.6 Å². The summed E-state index contributed by atoms with van der Waals surface area (Å²) in [6, 6.07) is 8.79. The van der Waals surface area contributed by atoms with E-state index in [2.05, 4.69) is 14.9 Å². The summed E-state index contributed by atoms with van der Waals surface area (Å²) in [6.45, 7) is 2.01. The largest absolute Gasteiger partial charge is 0.360 e. The Morgan fingerprint density at radius 1 is 1.09 bits per heavy atom. The van der Waals surface area contributed by atoms with Crippen LogP contribution in [0.1, 0.15) is 6.42 Å². The molecule has 6 rings (SSSR count). The lowest BCUT2D eigenvalue weighted by Gasteiger charge is -2.37. The minimum atomic E-state index is -3.66. The Balaban J connectivity index is 1.09. The number of hydrogen-bond acceptors (Lipinski definition) is 6. The van der Waals surface area contributed by atoms with Gasteiger partial charge in [-0.3, -0.25) is 9.78 Å². The zero-order valence-electron chi connectivity index (χ0n) is 18.3. The maximum Gasteiger partial charge on any atom is 0.243 e. The molecule has 0 bridgehead atoms. The van der Waals surface area contributed by atoms with Crippen molar-refractivity contribution in [3.8, 4) is 0 Å². The van der Waals surface area contributed by atoms with Crippen LogP contribution in [-0.4, -0.2) is 78.6 Å². The number of fused-ring (bicyclic) bond motifs is 2. The third kappa shape index (κ3) is 3.65. The zero-order chi connectivity index (χ0) is 23.4. The normalized spacial score (nSPS) is 25.4. The molecule has 3 atom stereocenters. The number of piperazine rings is 1. The number of rotatable bonds is 4. The highest BCUT2D eigenvalue weighted by Gasteiger charge is 2.55. The van der Waals surface area contributed by atoms with E-state index < -0.39 is 10.0 Å². The Bertz CT molecular complexity index is 1340. The van der Waals surface area contributed by atoms with Crippen molar-refractivity contribution in [1.82, 2.24) is 19.2 Å². The van der Waals surface area contributed by atoms with E-state index in [1.165, 1.54) is 4.31 Å². The van der Waals surface area contributed by atoms with Gasteiger partial charge in [0.25, 0.3) is 0 Å². The molecule has 3 aromatic rings. The van der Waals surface area contributed by atoms with Gasteiger partial charge < -0.3 is 19.5 Å². The van der Waals surface area contributed by atoms with E-state index >= 15 is 0 Å². The first-order chi connectivity index (χ1) is 16.4. The number of aromatic nitrogens is 2. The van der Waals surface area contributed by atoms with Gasteiger partial charge in [-0.05, 0) is 36.8 Å². The number of piperidine rings is 1. The molecule has 0 saturated carbocycles. The average molecular weight is 502 g/mol. The Labute approximate surface area is 202 Å². The van der Waals surface area contributed by atoms with E-state index in [0.29, 0.717) is 30.0 Å². The van der Waals surface area contributed by atoms with Crippen LogP contribution in [0, 0.1) is 5.92 Å². The molecule has 1 amide bonds. The number of nitrogens with zero attached hydrogens (tertiary/aromatic N) is 4. The molecule has 34 heavy (non-hydrogen) atoms.